The van der Waals surface area contributed by atoms with Crippen molar-refractivity contribution in [1.82, 2.24) is 0 Å². The Morgan fingerprint density at radius 3 is 2.35 bits per heavy atom. The lowest BCUT2D eigenvalue weighted by molar-refractivity contribution is 0.354. The molecule has 0 spiro atoms. The van der Waals surface area contributed by atoms with E-state index in [-0.39, 0.29) is 5.75 Å². The van der Waals surface area contributed by atoms with Gasteiger partial charge < -0.3 is 9.47 Å². The van der Waals surface area contributed by atoms with Crippen molar-refractivity contribution in [2.75, 3.05) is 24.7 Å². The van der Waals surface area contributed by atoms with Crippen LogP contribution in [0.4, 0.5) is 5.69 Å². The van der Waals surface area contributed by atoms with Gasteiger partial charge in [-0.05, 0) is 42.7 Å². The SMILES string of the molecule is COc1ccc(CCS(=O)(=O)Nc2ccccc2C)cc1OC. The van der Waals surface area contributed by atoms with E-state index in [0.717, 1.165) is 11.1 Å². The predicted molar refractivity (Wildman–Crippen MR) is 91.8 cm³/mol. The molecule has 0 atom stereocenters. The average Bonchev–Trinajstić information content (AvgIpc) is 2.54. The van der Waals surface area contributed by atoms with Crippen LogP contribution in [0.5, 0.6) is 11.5 Å². The maximum absolute atomic E-state index is 12.2. The number of benzene rings is 2. The van der Waals surface area contributed by atoms with Crippen LogP contribution in [0.3, 0.4) is 0 Å². The Kier molecular flexibility index (Phi) is 5.50. The largest absolute Gasteiger partial charge is 0.493 e. The minimum absolute atomic E-state index is 0.00316. The molecule has 2 aromatic carbocycles. The lowest BCUT2D eigenvalue weighted by Gasteiger charge is -2.12. The Morgan fingerprint density at radius 2 is 1.70 bits per heavy atom. The summed E-state index contributed by atoms with van der Waals surface area (Å²) < 4.78 is 37.5. The van der Waals surface area contributed by atoms with Crippen LogP contribution in [0.15, 0.2) is 42.5 Å². The molecular weight excluding hydrogens is 314 g/mol. The van der Waals surface area contributed by atoms with Crippen LogP contribution < -0.4 is 14.2 Å². The maximum Gasteiger partial charge on any atom is 0.233 e. The van der Waals surface area contributed by atoms with E-state index in [1.165, 1.54) is 0 Å². The normalized spacial score (nSPS) is 11.1. The summed E-state index contributed by atoms with van der Waals surface area (Å²) in [6, 6.07) is 12.7. The van der Waals surface area contributed by atoms with Gasteiger partial charge in [-0.25, -0.2) is 8.42 Å². The van der Waals surface area contributed by atoms with Gasteiger partial charge in [-0.3, -0.25) is 4.72 Å². The summed E-state index contributed by atoms with van der Waals surface area (Å²) in [7, 11) is -0.295. The topological polar surface area (TPSA) is 64.6 Å². The number of aryl methyl sites for hydroxylation is 2. The second-order valence-corrected chi connectivity index (χ2v) is 7.02. The molecular formula is C17H21NO4S. The molecule has 0 bridgehead atoms. The van der Waals surface area contributed by atoms with Gasteiger partial charge in [0.15, 0.2) is 11.5 Å². The van der Waals surface area contributed by atoms with Crippen LogP contribution in [0.25, 0.3) is 0 Å². The summed E-state index contributed by atoms with van der Waals surface area (Å²) in [6.07, 6.45) is 0.390. The van der Waals surface area contributed by atoms with Crippen LogP contribution in [-0.2, 0) is 16.4 Å². The first-order valence-electron chi connectivity index (χ1n) is 7.22. The molecule has 23 heavy (non-hydrogen) atoms. The van der Waals surface area contributed by atoms with E-state index >= 15 is 0 Å². The van der Waals surface area contributed by atoms with E-state index < -0.39 is 10.0 Å². The van der Waals surface area contributed by atoms with Crippen LogP contribution >= 0.6 is 0 Å². The van der Waals surface area contributed by atoms with Crippen molar-refractivity contribution in [3.63, 3.8) is 0 Å². The van der Waals surface area contributed by atoms with E-state index in [9.17, 15) is 8.42 Å². The second-order valence-electron chi connectivity index (χ2n) is 5.18. The molecule has 0 aromatic heterocycles. The minimum Gasteiger partial charge on any atom is -0.493 e. The number of para-hydroxylation sites is 1. The first-order chi connectivity index (χ1) is 10.9. The first kappa shape index (κ1) is 17.1. The zero-order valence-corrected chi connectivity index (χ0v) is 14.3. The van der Waals surface area contributed by atoms with Crippen molar-refractivity contribution in [1.29, 1.82) is 0 Å². The summed E-state index contributed by atoms with van der Waals surface area (Å²) >= 11 is 0. The van der Waals surface area contributed by atoms with Crippen molar-refractivity contribution in [2.24, 2.45) is 0 Å². The fraction of sp³-hybridized carbons (Fsp3) is 0.294. The average molecular weight is 335 g/mol. The van der Waals surface area contributed by atoms with Crippen LogP contribution in [-0.4, -0.2) is 28.4 Å². The quantitative estimate of drug-likeness (QED) is 0.845. The number of nitrogens with one attached hydrogen (secondary N) is 1. The molecule has 0 heterocycles. The van der Waals surface area contributed by atoms with Gasteiger partial charge in [-0.1, -0.05) is 24.3 Å². The highest BCUT2D eigenvalue weighted by molar-refractivity contribution is 7.92. The monoisotopic (exact) mass is 335 g/mol. The number of hydrogen-bond donors (Lipinski definition) is 1. The third-order valence-electron chi connectivity index (χ3n) is 3.52. The standard InChI is InChI=1S/C17H21NO4S/c1-13-6-4-5-7-15(13)18-23(19,20)11-10-14-8-9-16(21-2)17(12-14)22-3/h4-9,12,18H,10-11H2,1-3H3. The summed E-state index contributed by atoms with van der Waals surface area (Å²) in [6.45, 7) is 1.87. The molecule has 5 nitrogen and oxygen atoms in total. The van der Waals surface area contributed by atoms with E-state index in [1.54, 1.807) is 38.5 Å². The van der Waals surface area contributed by atoms with Crippen LogP contribution in [0, 0.1) is 6.92 Å². The van der Waals surface area contributed by atoms with Crippen molar-refractivity contribution in [2.45, 2.75) is 13.3 Å². The molecule has 2 rings (SSSR count). The van der Waals surface area contributed by atoms with Gasteiger partial charge in [0.1, 0.15) is 0 Å². The highest BCUT2D eigenvalue weighted by Crippen LogP contribution is 2.27. The van der Waals surface area contributed by atoms with E-state index in [2.05, 4.69) is 4.72 Å². The molecule has 0 aliphatic carbocycles. The third-order valence-corrected chi connectivity index (χ3v) is 4.79. The van der Waals surface area contributed by atoms with Crippen molar-refractivity contribution in [3.05, 3.63) is 53.6 Å². The fourth-order valence-electron chi connectivity index (χ4n) is 2.19. The first-order valence-corrected chi connectivity index (χ1v) is 8.87. The number of sulfonamides is 1. The zero-order valence-electron chi connectivity index (χ0n) is 13.5. The highest BCUT2D eigenvalue weighted by Gasteiger charge is 2.13. The summed E-state index contributed by atoms with van der Waals surface area (Å²) in [5.74, 6) is 1.21. The smallest absolute Gasteiger partial charge is 0.233 e. The Balaban J connectivity index is 2.06. The minimum atomic E-state index is -3.41. The van der Waals surface area contributed by atoms with Gasteiger partial charge in [0.2, 0.25) is 10.0 Å². The number of hydrogen-bond acceptors (Lipinski definition) is 4. The molecule has 0 aliphatic heterocycles. The van der Waals surface area contributed by atoms with E-state index in [1.807, 2.05) is 25.1 Å². The summed E-state index contributed by atoms with van der Waals surface area (Å²) in [5.41, 5.74) is 2.37. The molecule has 0 saturated heterocycles. The van der Waals surface area contributed by atoms with Gasteiger partial charge >= 0.3 is 0 Å². The lowest BCUT2D eigenvalue weighted by Crippen LogP contribution is -2.18. The highest BCUT2D eigenvalue weighted by atomic mass is 32.2. The Labute approximate surface area is 137 Å². The van der Waals surface area contributed by atoms with Gasteiger partial charge in [0.05, 0.1) is 25.7 Å². The molecule has 0 saturated carbocycles. The summed E-state index contributed by atoms with van der Waals surface area (Å²) in [5, 5.41) is 0. The number of anilines is 1. The molecule has 0 fully saturated rings. The van der Waals surface area contributed by atoms with Crippen LogP contribution in [0.1, 0.15) is 11.1 Å². The Bertz CT molecular complexity index is 772. The number of rotatable bonds is 7. The molecule has 0 radical (unpaired) electrons. The van der Waals surface area contributed by atoms with Crippen molar-refractivity contribution < 1.29 is 17.9 Å². The van der Waals surface area contributed by atoms with Gasteiger partial charge in [0, 0.05) is 0 Å². The zero-order chi connectivity index (χ0) is 16.9. The molecule has 0 aliphatic rings. The Hall–Kier alpha value is -2.21. The third kappa shape index (κ3) is 4.63. The molecule has 2 aromatic rings. The van der Waals surface area contributed by atoms with Crippen LogP contribution in [0.2, 0.25) is 0 Å². The van der Waals surface area contributed by atoms with E-state index in [4.69, 9.17) is 9.47 Å². The predicted octanol–water partition coefficient (Wildman–Crippen LogP) is 3.00. The fourth-order valence-corrected chi connectivity index (χ4v) is 3.36. The van der Waals surface area contributed by atoms with Crippen molar-refractivity contribution >= 4 is 15.7 Å². The van der Waals surface area contributed by atoms with Gasteiger partial charge in [-0.2, -0.15) is 0 Å². The Morgan fingerprint density at radius 1 is 1.00 bits per heavy atom. The summed E-state index contributed by atoms with van der Waals surface area (Å²) in [4.78, 5) is 0. The van der Waals surface area contributed by atoms with Gasteiger partial charge in [0.25, 0.3) is 0 Å². The van der Waals surface area contributed by atoms with E-state index in [0.29, 0.717) is 23.6 Å². The number of methoxy groups -OCH3 is 2. The molecule has 6 heteroatoms. The number of ether oxygens (including phenoxy) is 2. The molecule has 1 N–H and O–H groups in total. The van der Waals surface area contributed by atoms with Gasteiger partial charge in [-0.15, -0.1) is 0 Å². The second kappa shape index (κ2) is 7.37. The maximum atomic E-state index is 12.2. The molecule has 124 valence electrons. The molecule has 0 unspecified atom stereocenters. The lowest BCUT2D eigenvalue weighted by atomic mass is 10.1. The van der Waals surface area contributed by atoms with Crippen molar-refractivity contribution in [3.8, 4) is 11.5 Å². The molecule has 0 amide bonds.